The van der Waals surface area contributed by atoms with Crippen molar-refractivity contribution in [1.29, 1.82) is 0 Å². The van der Waals surface area contributed by atoms with Crippen molar-refractivity contribution in [1.82, 2.24) is 9.88 Å². The molecule has 9 nitrogen and oxygen atoms in total. The summed E-state index contributed by atoms with van der Waals surface area (Å²) in [7, 11) is 1.28. The first-order chi connectivity index (χ1) is 13.9. The first kappa shape index (κ1) is 23.6. The Morgan fingerprint density at radius 1 is 1.33 bits per heavy atom. The number of aliphatic hydroxyl groups excluding tert-OH is 1. The van der Waals surface area contributed by atoms with E-state index in [1.807, 2.05) is 0 Å². The monoisotopic (exact) mass is 455 g/mol. The summed E-state index contributed by atoms with van der Waals surface area (Å²) in [5.41, 5.74) is 0.359. The summed E-state index contributed by atoms with van der Waals surface area (Å²) in [6, 6.07) is 3.41. The zero-order valence-corrected chi connectivity index (χ0v) is 18.4. The van der Waals surface area contributed by atoms with E-state index >= 15 is 0 Å². The number of carbonyl (C=O) groups excluding carboxylic acids is 2. The number of rotatable bonds is 6. The fourth-order valence-corrected chi connectivity index (χ4v) is 3.53. The number of thiazole rings is 1. The number of nitrogens with one attached hydrogen (secondary N) is 1. The number of carbonyl (C=O) groups is 3. The number of aliphatic hydroxyl groups is 1. The lowest BCUT2D eigenvalue weighted by Crippen LogP contribution is -2.44. The highest BCUT2D eigenvalue weighted by molar-refractivity contribution is 7.13. The zero-order chi connectivity index (χ0) is 22.6. The number of likely N-dealkylation sites (N-methyl/N-ethyl adjacent to an activating group) is 1. The van der Waals surface area contributed by atoms with Crippen LogP contribution in [0.25, 0.3) is 10.6 Å². The van der Waals surface area contributed by atoms with Gasteiger partial charge in [0.2, 0.25) is 0 Å². The predicted octanol–water partition coefficient (Wildman–Crippen LogP) is 3.33. The number of carboxylic acids is 1. The minimum absolute atomic E-state index is 0.0317. The Morgan fingerprint density at radius 2 is 2.00 bits per heavy atom. The summed E-state index contributed by atoms with van der Waals surface area (Å²) < 4.78 is 5.19. The van der Waals surface area contributed by atoms with Crippen molar-refractivity contribution >= 4 is 46.6 Å². The molecule has 2 aromatic rings. The molecule has 1 aromatic heterocycles. The van der Waals surface area contributed by atoms with Gasteiger partial charge in [0.15, 0.2) is 6.04 Å². The number of halogens is 1. The van der Waals surface area contributed by atoms with Crippen LogP contribution in [0.15, 0.2) is 23.6 Å². The van der Waals surface area contributed by atoms with Crippen molar-refractivity contribution in [3.63, 3.8) is 0 Å². The van der Waals surface area contributed by atoms with Crippen molar-refractivity contribution in [3.05, 3.63) is 34.3 Å². The molecule has 0 unspecified atom stereocenters. The molecule has 0 saturated heterocycles. The third-order valence-corrected chi connectivity index (χ3v) is 5.00. The van der Waals surface area contributed by atoms with Gasteiger partial charge in [0.05, 0.1) is 11.6 Å². The van der Waals surface area contributed by atoms with Crippen molar-refractivity contribution in [2.24, 2.45) is 0 Å². The van der Waals surface area contributed by atoms with Crippen LogP contribution in [0.1, 0.15) is 31.3 Å². The maximum Gasteiger partial charge on any atom is 0.412 e. The summed E-state index contributed by atoms with van der Waals surface area (Å²) in [5.74, 6) is -1.96. The Bertz CT molecular complexity index is 956. The van der Waals surface area contributed by atoms with Gasteiger partial charge in [0.1, 0.15) is 16.3 Å². The summed E-state index contributed by atoms with van der Waals surface area (Å²) in [5, 5.41) is 23.1. The Balaban J connectivity index is 2.18. The van der Waals surface area contributed by atoms with Crippen LogP contribution >= 0.6 is 22.9 Å². The van der Waals surface area contributed by atoms with Crippen molar-refractivity contribution in [2.75, 3.05) is 19.0 Å². The lowest BCUT2D eigenvalue weighted by molar-refractivity contribution is -0.143. The molecule has 1 heterocycles. The molecule has 30 heavy (non-hydrogen) atoms. The van der Waals surface area contributed by atoms with Gasteiger partial charge in [0, 0.05) is 23.7 Å². The Morgan fingerprint density at radius 3 is 2.53 bits per heavy atom. The average Bonchev–Trinajstić information content (AvgIpc) is 3.09. The normalized spacial score (nSPS) is 12.2. The highest BCUT2D eigenvalue weighted by atomic mass is 35.5. The van der Waals surface area contributed by atoms with Crippen LogP contribution in [0.4, 0.5) is 10.5 Å². The number of aromatic nitrogens is 1. The zero-order valence-electron chi connectivity index (χ0n) is 16.8. The van der Waals surface area contributed by atoms with Gasteiger partial charge in [-0.05, 0) is 39.0 Å². The molecular weight excluding hydrogens is 434 g/mol. The fraction of sp³-hybridized carbons (Fsp3) is 0.368. The second-order valence-electron chi connectivity index (χ2n) is 7.31. The van der Waals surface area contributed by atoms with Crippen LogP contribution in [0.3, 0.4) is 0 Å². The topological polar surface area (TPSA) is 129 Å². The number of anilines is 1. The number of ether oxygens (including phenoxy) is 1. The molecule has 2 rings (SSSR count). The number of amides is 2. The quantitative estimate of drug-likeness (QED) is 0.609. The summed E-state index contributed by atoms with van der Waals surface area (Å²) >= 11 is 7.47. The van der Waals surface area contributed by atoms with E-state index < -0.39 is 36.2 Å². The van der Waals surface area contributed by atoms with Gasteiger partial charge < -0.3 is 19.8 Å². The number of benzene rings is 1. The standard InChI is InChI=1S/C19H22ClN3O6S/c1-19(2,3)29-18(28)21-10-5-6-11(12(20)7-10)15-22-13(9-30-15)16(25)23(4)14(8-24)17(26)27/h5-7,9,14,24H,8H2,1-4H3,(H,21,28)(H,26,27)/t14-/m0/s1. The molecule has 1 aromatic carbocycles. The highest BCUT2D eigenvalue weighted by Gasteiger charge is 2.28. The van der Waals surface area contributed by atoms with E-state index in [0.29, 0.717) is 21.3 Å². The molecule has 0 aliphatic heterocycles. The Labute approximate surface area is 182 Å². The van der Waals surface area contributed by atoms with E-state index in [2.05, 4.69) is 10.3 Å². The minimum Gasteiger partial charge on any atom is -0.480 e. The van der Waals surface area contributed by atoms with Crippen LogP contribution in [0, 0.1) is 0 Å². The largest absolute Gasteiger partial charge is 0.480 e. The van der Waals surface area contributed by atoms with E-state index in [4.69, 9.17) is 21.4 Å². The Hall–Kier alpha value is -2.69. The molecule has 0 aliphatic rings. The molecule has 2 amide bonds. The summed E-state index contributed by atoms with van der Waals surface area (Å²) in [6.07, 6.45) is -0.617. The maximum absolute atomic E-state index is 12.5. The number of carboxylic acid groups (broad SMARTS) is 1. The molecule has 162 valence electrons. The summed E-state index contributed by atoms with van der Waals surface area (Å²) in [4.78, 5) is 40.6. The number of hydrogen-bond donors (Lipinski definition) is 3. The number of hydrogen-bond acceptors (Lipinski definition) is 7. The van der Waals surface area contributed by atoms with E-state index in [0.717, 1.165) is 16.2 Å². The lowest BCUT2D eigenvalue weighted by Gasteiger charge is -2.22. The third kappa shape index (κ3) is 5.91. The van der Waals surface area contributed by atoms with Gasteiger partial charge in [-0.15, -0.1) is 11.3 Å². The van der Waals surface area contributed by atoms with Crippen molar-refractivity contribution in [3.8, 4) is 10.6 Å². The van der Waals surface area contributed by atoms with Crippen molar-refractivity contribution < 1.29 is 29.3 Å². The molecule has 0 fully saturated rings. The second kappa shape index (κ2) is 9.41. The number of nitrogens with zero attached hydrogens (tertiary/aromatic N) is 2. The van der Waals surface area contributed by atoms with E-state index in [-0.39, 0.29) is 5.69 Å². The fourth-order valence-electron chi connectivity index (χ4n) is 2.37. The second-order valence-corrected chi connectivity index (χ2v) is 8.58. The molecule has 0 spiro atoms. The van der Waals surface area contributed by atoms with E-state index in [1.165, 1.54) is 18.5 Å². The first-order valence-electron chi connectivity index (χ1n) is 8.79. The van der Waals surface area contributed by atoms with Crippen molar-refractivity contribution in [2.45, 2.75) is 32.4 Å². The molecular formula is C19H22ClN3O6S. The SMILES string of the molecule is CN(C(=O)c1csc(-c2ccc(NC(=O)OC(C)(C)C)cc2Cl)n1)[C@@H](CO)C(=O)O. The third-order valence-electron chi connectivity index (χ3n) is 3.81. The van der Waals surface area contributed by atoms with Crippen LogP contribution < -0.4 is 5.32 Å². The van der Waals surface area contributed by atoms with Crippen LogP contribution in [-0.4, -0.2) is 63.4 Å². The molecule has 0 aliphatic carbocycles. The van der Waals surface area contributed by atoms with Crippen LogP contribution in [0.5, 0.6) is 0 Å². The van der Waals surface area contributed by atoms with Gasteiger partial charge in [-0.25, -0.2) is 14.6 Å². The maximum atomic E-state index is 12.5. The van der Waals surface area contributed by atoms with Gasteiger partial charge in [-0.2, -0.15) is 0 Å². The van der Waals surface area contributed by atoms with Gasteiger partial charge in [-0.1, -0.05) is 11.6 Å². The molecule has 0 saturated carbocycles. The minimum atomic E-state index is -1.37. The number of aliphatic carboxylic acids is 1. The van der Waals surface area contributed by atoms with Gasteiger partial charge >= 0.3 is 12.1 Å². The van der Waals surface area contributed by atoms with Crippen LogP contribution in [-0.2, 0) is 9.53 Å². The smallest absolute Gasteiger partial charge is 0.412 e. The predicted molar refractivity (Wildman–Crippen MR) is 113 cm³/mol. The molecule has 1 atom stereocenters. The summed E-state index contributed by atoms with van der Waals surface area (Å²) in [6.45, 7) is 4.54. The molecule has 3 N–H and O–H groups in total. The van der Waals surface area contributed by atoms with Crippen LogP contribution in [0.2, 0.25) is 5.02 Å². The molecule has 0 radical (unpaired) electrons. The molecule has 0 bridgehead atoms. The van der Waals surface area contributed by atoms with E-state index in [9.17, 15) is 19.5 Å². The van der Waals surface area contributed by atoms with Gasteiger partial charge in [0.25, 0.3) is 5.91 Å². The van der Waals surface area contributed by atoms with E-state index in [1.54, 1.807) is 32.9 Å². The molecule has 11 heteroatoms. The first-order valence-corrected chi connectivity index (χ1v) is 10.0. The average molecular weight is 456 g/mol. The van der Waals surface area contributed by atoms with Gasteiger partial charge in [-0.3, -0.25) is 10.1 Å². The highest BCUT2D eigenvalue weighted by Crippen LogP contribution is 2.33. The lowest BCUT2D eigenvalue weighted by atomic mass is 10.2. The Kier molecular flexibility index (Phi) is 7.40.